The van der Waals surface area contributed by atoms with Gasteiger partial charge in [-0.25, -0.2) is 13.2 Å². The summed E-state index contributed by atoms with van der Waals surface area (Å²) in [6.45, 7) is 5.67. The monoisotopic (exact) mass is 367 g/mol. The fraction of sp³-hybridized carbons (Fsp3) is 0.294. The number of esters is 1. The molecule has 0 aliphatic carbocycles. The maximum atomic E-state index is 11.3. The van der Waals surface area contributed by atoms with Gasteiger partial charge >= 0.3 is 5.97 Å². The fourth-order valence-corrected chi connectivity index (χ4v) is 2.28. The lowest BCUT2D eigenvalue weighted by Gasteiger charge is -2.05. The molecule has 0 bridgehead atoms. The number of benzene rings is 1. The van der Waals surface area contributed by atoms with Crippen molar-refractivity contribution in [1.82, 2.24) is 0 Å². The summed E-state index contributed by atoms with van der Waals surface area (Å²) >= 11 is 0. The number of aryl methyl sites for hydroxylation is 1. The minimum absolute atomic E-state index is 0.128. The number of pyridine rings is 1. The first-order valence-electron chi connectivity index (χ1n) is 7.54. The molecule has 2 rings (SSSR count). The van der Waals surface area contributed by atoms with Crippen LogP contribution in [0.4, 0.5) is 0 Å². The molecule has 1 N–H and O–H groups in total. The SMILES string of the molecule is CCOC(=O)C(C)[n+]1cccc(O)c1.Cc1ccc(S(=O)(=O)[O-])cc1. The van der Waals surface area contributed by atoms with Crippen molar-refractivity contribution in [3.63, 3.8) is 0 Å². The Bertz CT molecular complexity index is 802. The van der Waals surface area contributed by atoms with Gasteiger partial charge in [0.25, 0.3) is 6.04 Å². The van der Waals surface area contributed by atoms with Gasteiger partial charge < -0.3 is 14.4 Å². The van der Waals surface area contributed by atoms with Crippen LogP contribution in [0.3, 0.4) is 0 Å². The van der Waals surface area contributed by atoms with E-state index < -0.39 is 16.2 Å². The zero-order valence-corrected chi connectivity index (χ0v) is 15.1. The van der Waals surface area contributed by atoms with Crippen molar-refractivity contribution in [3.8, 4) is 5.75 Å². The standard InChI is InChI=1S/C10H13NO3.C7H8O3S/c1-3-14-10(13)8(2)11-6-4-5-9(12)7-11;1-6-2-4-7(5-3-6)11(8,9)10/h4-8H,3H2,1-2H3;2-5H,1H3,(H,8,9,10). The van der Waals surface area contributed by atoms with E-state index in [9.17, 15) is 22.9 Å². The van der Waals surface area contributed by atoms with Crippen LogP contribution in [-0.4, -0.2) is 30.7 Å². The van der Waals surface area contributed by atoms with Gasteiger partial charge in [-0.2, -0.15) is 4.57 Å². The van der Waals surface area contributed by atoms with Crippen molar-refractivity contribution in [2.45, 2.75) is 31.7 Å². The first-order chi connectivity index (χ1) is 11.6. The summed E-state index contributed by atoms with van der Waals surface area (Å²) in [6, 6.07) is 8.59. The topological polar surface area (TPSA) is 108 Å². The molecule has 136 valence electrons. The summed E-state index contributed by atoms with van der Waals surface area (Å²) in [6.07, 6.45) is 3.20. The number of hydrogen-bond donors (Lipinski definition) is 1. The van der Waals surface area contributed by atoms with Crippen molar-refractivity contribution in [1.29, 1.82) is 0 Å². The Balaban J connectivity index is 0.000000257. The van der Waals surface area contributed by atoms with Crippen molar-refractivity contribution in [2.75, 3.05) is 6.61 Å². The number of rotatable bonds is 4. The summed E-state index contributed by atoms with van der Waals surface area (Å²) in [5, 5.41) is 9.20. The molecule has 0 aliphatic rings. The molecule has 0 radical (unpaired) electrons. The zero-order valence-electron chi connectivity index (χ0n) is 14.2. The minimum Gasteiger partial charge on any atom is -0.744 e. The van der Waals surface area contributed by atoms with Gasteiger partial charge in [0.05, 0.1) is 11.5 Å². The van der Waals surface area contributed by atoms with Crippen LogP contribution in [-0.2, 0) is 19.6 Å². The fourth-order valence-electron chi connectivity index (χ4n) is 1.81. The molecule has 2 aromatic rings. The van der Waals surface area contributed by atoms with Gasteiger partial charge in [0, 0.05) is 13.0 Å². The molecule has 0 fully saturated rings. The first-order valence-corrected chi connectivity index (χ1v) is 8.95. The van der Waals surface area contributed by atoms with Crippen LogP contribution in [0.2, 0.25) is 0 Å². The molecule has 0 aliphatic heterocycles. The third-order valence-corrected chi connectivity index (χ3v) is 4.04. The summed E-state index contributed by atoms with van der Waals surface area (Å²) < 4.78 is 37.6. The molecule has 7 nitrogen and oxygen atoms in total. The summed E-state index contributed by atoms with van der Waals surface area (Å²) in [4.78, 5) is 11.2. The average Bonchev–Trinajstić information content (AvgIpc) is 2.54. The number of carbonyl (C=O) groups is 1. The second-order valence-electron chi connectivity index (χ2n) is 5.20. The van der Waals surface area contributed by atoms with Crippen LogP contribution in [0.1, 0.15) is 25.5 Å². The normalized spacial score (nSPS) is 11.8. The maximum absolute atomic E-state index is 11.3. The lowest BCUT2D eigenvalue weighted by Crippen LogP contribution is -2.42. The summed E-state index contributed by atoms with van der Waals surface area (Å²) in [7, 11) is -4.27. The van der Waals surface area contributed by atoms with Crippen LogP contribution in [0.5, 0.6) is 5.75 Å². The molecule has 0 saturated carbocycles. The Hall–Kier alpha value is -2.45. The first kappa shape index (κ1) is 20.6. The van der Waals surface area contributed by atoms with Gasteiger partial charge in [0.15, 0.2) is 11.9 Å². The van der Waals surface area contributed by atoms with Crippen molar-refractivity contribution < 1.29 is 32.2 Å². The van der Waals surface area contributed by atoms with E-state index >= 15 is 0 Å². The van der Waals surface area contributed by atoms with Crippen LogP contribution in [0, 0.1) is 6.92 Å². The quantitative estimate of drug-likeness (QED) is 0.501. The Morgan fingerprint density at radius 2 is 1.88 bits per heavy atom. The maximum Gasteiger partial charge on any atom is 0.375 e. The number of carbonyl (C=O) groups excluding carboxylic acids is 1. The highest BCUT2D eigenvalue weighted by Crippen LogP contribution is 2.08. The molecule has 0 amide bonds. The second kappa shape index (κ2) is 9.14. The highest BCUT2D eigenvalue weighted by molar-refractivity contribution is 7.85. The molecule has 8 heteroatoms. The molecule has 0 saturated heterocycles. The van der Waals surface area contributed by atoms with Crippen molar-refractivity contribution in [3.05, 3.63) is 54.4 Å². The number of aromatic nitrogens is 1. The molecule has 25 heavy (non-hydrogen) atoms. The third kappa shape index (κ3) is 6.90. The molecule has 1 heterocycles. The predicted octanol–water partition coefficient (Wildman–Crippen LogP) is 1.70. The van der Waals surface area contributed by atoms with Gasteiger partial charge in [0.1, 0.15) is 10.1 Å². The van der Waals surface area contributed by atoms with Crippen molar-refractivity contribution >= 4 is 16.1 Å². The van der Waals surface area contributed by atoms with E-state index in [0.29, 0.717) is 6.61 Å². The van der Waals surface area contributed by atoms with Crippen LogP contribution in [0.15, 0.2) is 53.7 Å². The molecule has 0 spiro atoms. The zero-order chi connectivity index (χ0) is 19.0. The van der Waals surface area contributed by atoms with E-state index in [2.05, 4.69) is 0 Å². The van der Waals surface area contributed by atoms with Gasteiger partial charge in [-0.15, -0.1) is 0 Å². The highest BCUT2D eigenvalue weighted by Gasteiger charge is 2.23. The van der Waals surface area contributed by atoms with E-state index in [1.54, 1.807) is 48.9 Å². The van der Waals surface area contributed by atoms with Gasteiger partial charge in [-0.1, -0.05) is 17.7 Å². The summed E-state index contributed by atoms with van der Waals surface area (Å²) in [5.41, 5.74) is 0.928. The predicted molar refractivity (Wildman–Crippen MR) is 88.8 cm³/mol. The molecule has 1 unspecified atom stereocenters. The number of nitrogens with zero attached hydrogens (tertiary/aromatic N) is 1. The van der Waals surface area contributed by atoms with E-state index in [1.807, 2.05) is 6.92 Å². The van der Waals surface area contributed by atoms with E-state index in [4.69, 9.17) is 4.74 Å². The minimum atomic E-state index is -4.27. The summed E-state index contributed by atoms with van der Waals surface area (Å²) in [5.74, 6) is -0.174. The Morgan fingerprint density at radius 3 is 2.36 bits per heavy atom. The van der Waals surface area contributed by atoms with Gasteiger partial charge in [-0.05, 0) is 32.0 Å². The van der Waals surface area contributed by atoms with Crippen LogP contribution >= 0.6 is 0 Å². The molecular weight excluding hydrogens is 346 g/mol. The smallest absolute Gasteiger partial charge is 0.375 e. The van der Waals surface area contributed by atoms with Crippen molar-refractivity contribution in [2.24, 2.45) is 0 Å². The third-order valence-electron chi connectivity index (χ3n) is 3.19. The molecule has 1 atom stereocenters. The largest absolute Gasteiger partial charge is 0.744 e. The van der Waals surface area contributed by atoms with E-state index in [-0.39, 0.29) is 16.6 Å². The second-order valence-corrected chi connectivity index (χ2v) is 6.58. The Labute approximate surface area is 147 Å². The highest BCUT2D eigenvalue weighted by atomic mass is 32.2. The number of ether oxygens (including phenoxy) is 1. The van der Waals surface area contributed by atoms with E-state index in [1.165, 1.54) is 18.3 Å². The van der Waals surface area contributed by atoms with E-state index in [0.717, 1.165) is 5.56 Å². The number of aromatic hydroxyl groups is 1. The lowest BCUT2D eigenvalue weighted by atomic mass is 10.2. The molecule has 1 aromatic heterocycles. The Kier molecular flexibility index (Phi) is 7.53. The van der Waals surface area contributed by atoms with Crippen LogP contribution < -0.4 is 4.57 Å². The molecular formula is C17H21NO6S. The number of hydrogen-bond acceptors (Lipinski definition) is 6. The van der Waals surface area contributed by atoms with Crippen LogP contribution in [0.25, 0.3) is 0 Å². The van der Waals surface area contributed by atoms with Gasteiger partial charge in [-0.3, -0.25) is 0 Å². The molecule has 1 aromatic carbocycles. The average molecular weight is 367 g/mol. The Morgan fingerprint density at radius 1 is 1.28 bits per heavy atom. The van der Waals surface area contributed by atoms with Gasteiger partial charge in [0.2, 0.25) is 6.20 Å². The lowest BCUT2D eigenvalue weighted by molar-refractivity contribution is -0.707.